The standard InChI is InChI=1S/C20H18N2O4/c1-14-5-3-4-6-18(14)22-19(23)13-26-20(24)16(12-21)11-15-7-9-17(25-2)10-8-15/h3-11H,13H2,1-2H3,(H,22,23)/b16-11+. The normalized spacial score (nSPS) is 10.6. The second-order valence-electron chi connectivity index (χ2n) is 5.38. The smallest absolute Gasteiger partial charge is 0.349 e. The summed E-state index contributed by atoms with van der Waals surface area (Å²) in [6, 6.07) is 15.9. The highest BCUT2D eigenvalue weighted by Gasteiger charge is 2.13. The van der Waals surface area contributed by atoms with E-state index in [-0.39, 0.29) is 5.57 Å². The van der Waals surface area contributed by atoms with Crippen LogP contribution in [-0.2, 0) is 14.3 Å². The number of carbonyl (C=O) groups is 2. The first-order valence-electron chi connectivity index (χ1n) is 7.82. The largest absolute Gasteiger partial charge is 0.497 e. The molecule has 0 aliphatic carbocycles. The zero-order chi connectivity index (χ0) is 18.9. The van der Waals surface area contributed by atoms with Gasteiger partial charge in [-0.1, -0.05) is 30.3 Å². The van der Waals surface area contributed by atoms with Gasteiger partial charge in [-0.15, -0.1) is 0 Å². The first-order valence-corrected chi connectivity index (χ1v) is 7.82. The van der Waals surface area contributed by atoms with Crippen LogP contribution < -0.4 is 10.1 Å². The van der Waals surface area contributed by atoms with Crippen molar-refractivity contribution in [2.75, 3.05) is 19.0 Å². The van der Waals surface area contributed by atoms with Crippen molar-refractivity contribution in [1.82, 2.24) is 0 Å². The van der Waals surface area contributed by atoms with Crippen LogP contribution in [0.3, 0.4) is 0 Å². The van der Waals surface area contributed by atoms with Crippen molar-refractivity contribution >= 4 is 23.6 Å². The second kappa shape index (κ2) is 9.04. The fraction of sp³-hybridized carbons (Fsp3) is 0.150. The number of nitrogens with zero attached hydrogens (tertiary/aromatic N) is 1. The molecule has 2 aromatic rings. The highest BCUT2D eigenvalue weighted by Crippen LogP contribution is 2.15. The van der Waals surface area contributed by atoms with Crippen LogP contribution in [0.15, 0.2) is 54.1 Å². The van der Waals surface area contributed by atoms with Crippen molar-refractivity contribution in [3.63, 3.8) is 0 Å². The number of para-hydroxylation sites is 1. The van der Waals surface area contributed by atoms with Gasteiger partial charge in [0.05, 0.1) is 7.11 Å². The molecule has 132 valence electrons. The maximum Gasteiger partial charge on any atom is 0.349 e. The van der Waals surface area contributed by atoms with E-state index in [2.05, 4.69) is 5.32 Å². The molecule has 0 bridgehead atoms. The lowest BCUT2D eigenvalue weighted by atomic mass is 10.1. The van der Waals surface area contributed by atoms with Crippen molar-refractivity contribution in [2.24, 2.45) is 0 Å². The van der Waals surface area contributed by atoms with Crippen LogP contribution in [0.1, 0.15) is 11.1 Å². The number of nitrogens with one attached hydrogen (secondary N) is 1. The van der Waals surface area contributed by atoms with Gasteiger partial charge in [-0.05, 0) is 42.3 Å². The lowest BCUT2D eigenvalue weighted by Crippen LogP contribution is -2.21. The number of carbonyl (C=O) groups excluding carboxylic acids is 2. The molecule has 0 unspecified atom stereocenters. The number of amides is 1. The molecule has 6 heteroatoms. The van der Waals surface area contributed by atoms with Gasteiger partial charge >= 0.3 is 5.97 Å². The van der Waals surface area contributed by atoms with E-state index < -0.39 is 18.5 Å². The van der Waals surface area contributed by atoms with Gasteiger partial charge in [0.1, 0.15) is 17.4 Å². The predicted molar refractivity (Wildman–Crippen MR) is 97.4 cm³/mol. The molecule has 0 saturated heterocycles. The Morgan fingerprint density at radius 1 is 1.15 bits per heavy atom. The van der Waals surface area contributed by atoms with Gasteiger partial charge in [0.15, 0.2) is 6.61 Å². The summed E-state index contributed by atoms with van der Waals surface area (Å²) >= 11 is 0. The first kappa shape index (κ1) is 18.7. The molecule has 0 radical (unpaired) electrons. The molecule has 0 saturated carbocycles. The molecule has 0 spiro atoms. The number of benzene rings is 2. The Bertz CT molecular complexity index is 864. The Morgan fingerprint density at radius 2 is 1.85 bits per heavy atom. The number of ether oxygens (including phenoxy) is 2. The molecule has 2 aromatic carbocycles. The molecular formula is C20H18N2O4. The fourth-order valence-corrected chi connectivity index (χ4v) is 2.11. The lowest BCUT2D eigenvalue weighted by Gasteiger charge is -2.08. The Kier molecular flexibility index (Phi) is 6.52. The number of methoxy groups -OCH3 is 1. The number of aryl methyl sites for hydroxylation is 1. The predicted octanol–water partition coefficient (Wildman–Crippen LogP) is 3.09. The van der Waals surface area contributed by atoms with Crippen LogP contribution in [0.2, 0.25) is 0 Å². The average molecular weight is 350 g/mol. The summed E-state index contributed by atoms with van der Waals surface area (Å²) in [5.74, 6) is -0.672. The zero-order valence-electron chi connectivity index (χ0n) is 14.5. The summed E-state index contributed by atoms with van der Waals surface area (Å²) in [5, 5.41) is 11.8. The zero-order valence-corrected chi connectivity index (χ0v) is 14.5. The van der Waals surface area contributed by atoms with Gasteiger partial charge in [0.2, 0.25) is 0 Å². The van der Waals surface area contributed by atoms with Gasteiger partial charge in [-0.25, -0.2) is 4.79 Å². The molecule has 0 atom stereocenters. The van der Waals surface area contributed by atoms with Crippen molar-refractivity contribution in [1.29, 1.82) is 5.26 Å². The first-order chi connectivity index (χ1) is 12.5. The molecular weight excluding hydrogens is 332 g/mol. The Hall–Kier alpha value is -3.59. The molecule has 26 heavy (non-hydrogen) atoms. The van der Waals surface area contributed by atoms with Crippen LogP contribution in [0.4, 0.5) is 5.69 Å². The molecule has 0 fully saturated rings. The van der Waals surface area contributed by atoms with E-state index in [1.807, 2.05) is 19.1 Å². The van der Waals surface area contributed by atoms with Crippen LogP contribution in [0, 0.1) is 18.3 Å². The second-order valence-corrected chi connectivity index (χ2v) is 5.38. The highest BCUT2D eigenvalue weighted by atomic mass is 16.5. The van der Waals surface area contributed by atoms with E-state index in [9.17, 15) is 9.59 Å². The van der Waals surface area contributed by atoms with E-state index >= 15 is 0 Å². The summed E-state index contributed by atoms with van der Waals surface area (Å²) in [4.78, 5) is 23.9. The average Bonchev–Trinajstić information content (AvgIpc) is 2.66. The SMILES string of the molecule is COc1ccc(/C=C(\C#N)C(=O)OCC(=O)Nc2ccccc2C)cc1. The molecule has 1 N–H and O–H groups in total. The highest BCUT2D eigenvalue weighted by molar-refractivity contribution is 6.00. The molecule has 6 nitrogen and oxygen atoms in total. The number of hydrogen-bond acceptors (Lipinski definition) is 5. The number of anilines is 1. The Morgan fingerprint density at radius 3 is 2.46 bits per heavy atom. The number of hydrogen-bond donors (Lipinski definition) is 1. The molecule has 0 heterocycles. The summed E-state index contributed by atoms with van der Waals surface area (Å²) in [5.41, 5.74) is 1.98. The van der Waals surface area contributed by atoms with Crippen molar-refractivity contribution < 1.29 is 19.1 Å². The van der Waals surface area contributed by atoms with Crippen LogP contribution in [-0.4, -0.2) is 25.6 Å². The summed E-state index contributed by atoms with van der Waals surface area (Å²) in [6.07, 6.45) is 1.39. The number of nitriles is 1. The van der Waals surface area contributed by atoms with Gasteiger partial charge < -0.3 is 14.8 Å². The monoisotopic (exact) mass is 350 g/mol. The van der Waals surface area contributed by atoms with E-state index in [0.717, 1.165) is 5.56 Å². The Labute approximate surface area is 151 Å². The molecule has 0 aliphatic rings. The van der Waals surface area contributed by atoms with Gasteiger partial charge in [-0.3, -0.25) is 4.79 Å². The fourth-order valence-electron chi connectivity index (χ4n) is 2.11. The van der Waals surface area contributed by atoms with Crippen LogP contribution >= 0.6 is 0 Å². The summed E-state index contributed by atoms with van der Waals surface area (Å²) in [6.45, 7) is 1.38. The quantitative estimate of drug-likeness (QED) is 0.491. The van der Waals surface area contributed by atoms with E-state index in [4.69, 9.17) is 14.7 Å². The molecule has 0 aliphatic heterocycles. The van der Waals surface area contributed by atoms with Gasteiger partial charge in [0, 0.05) is 5.69 Å². The third-order valence-electron chi connectivity index (χ3n) is 3.52. The third-order valence-corrected chi connectivity index (χ3v) is 3.52. The van der Waals surface area contributed by atoms with E-state index in [1.165, 1.54) is 6.08 Å². The van der Waals surface area contributed by atoms with Crippen molar-refractivity contribution in [3.8, 4) is 11.8 Å². The summed E-state index contributed by atoms with van der Waals surface area (Å²) < 4.78 is 9.97. The maximum absolute atomic E-state index is 12.0. The van der Waals surface area contributed by atoms with Gasteiger partial charge in [0.25, 0.3) is 5.91 Å². The summed E-state index contributed by atoms with van der Waals surface area (Å²) in [7, 11) is 1.55. The topological polar surface area (TPSA) is 88.4 Å². The lowest BCUT2D eigenvalue weighted by molar-refractivity contribution is -0.142. The molecule has 2 rings (SSSR count). The maximum atomic E-state index is 12.0. The van der Waals surface area contributed by atoms with E-state index in [0.29, 0.717) is 17.0 Å². The molecule has 0 aromatic heterocycles. The third kappa shape index (κ3) is 5.21. The van der Waals surface area contributed by atoms with E-state index in [1.54, 1.807) is 49.6 Å². The van der Waals surface area contributed by atoms with Crippen molar-refractivity contribution in [3.05, 3.63) is 65.2 Å². The minimum atomic E-state index is -0.858. The van der Waals surface area contributed by atoms with Gasteiger partial charge in [-0.2, -0.15) is 5.26 Å². The minimum absolute atomic E-state index is 0.196. The Balaban J connectivity index is 1.96. The van der Waals surface area contributed by atoms with Crippen LogP contribution in [0.5, 0.6) is 5.75 Å². The van der Waals surface area contributed by atoms with Crippen LogP contribution in [0.25, 0.3) is 6.08 Å². The number of rotatable bonds is 6. The van der Waals surface area contributed by atoms with Crippen molar-refractivity contribution in [2.45, 2.75) is 6.92 Å². The molecule has 1 amide bonds. The minimum Gasteiger partial charge on any atom is -0.497 e. The number of esters is 1.